The Hall–Kier alpha value is -3.66. The van der Waals surface area contributed by atoms with Crippen LogP contribution in [0.25, 0.3) is 22.2 Å². The van der Waals surface area contributed by atoms with E-state index in [1.807, 2.05) is 56.8 Å². The number of pyridine rings is 3. The normalized spacial score (nSPS) is 23.3. The van der Waals surface area contributed by atoms with Gasteiger partial charge in [-0.3, -0.25) is 20.2 Å². The zero-order valence-electron chi connectivity index (χ0n) is 21.0. The molecule has 1 amide bonds. The van der Waals surface area contributed by atoms with Crippen molar-refractivity contribution in [3.05, 3.63) is 72.6 Å². The van der Waals surface area contributed by atoms with Crippen LogP contribution in [0.2, 0.25) is 0 Å². The highest BCUT2D eigenvalue weighted by atomic mass is 16.1. The number of nitrogens with one attached hydrogen (secondary N) is 5. The number of aromatic nitrogens is 4. The minimum atomic E-state index is 0.0217. The zero-order chi connectivity index (χ0) is 25.4. The predicted molar refractivity (Wildman–Crippen MR) is 143 cm³/mol. The average Bonchev–Trinajstić information content (AvgIpc) is 3.52. The van der Waals surface area contributed by atoms with E-state index in [0.717, 1.165) is 52.1 Å². The molecule has 2 saturated heterocycles. The molecule has 0 saturated carbocycles. The Morgan fingerprint density at radius 3 is 2.78 bits per heavy atom. The zero-order valence-corrected chi connectivity index (χ0v) is 21.0. The Bertz CT molecular complexity index is 1400. The second-order valence-corrected chi connectivity index (χ2v) is 10.5. The van der Waals surface area contributed by atoms with Crippen LogP contribution in [0.5, 0.6) is 0 Å². The third-order valence-electron chi connectivity index (χ3n) is 7.38. The molecule has 0 spiro atoms. The summed E-state index contributed by atoms with van der Waals surface area (Å²) >= 11 is 0. The molecular weight excluding hydrogens is 464 g/mol. The van der Waals surface area contributed by atoms with Crippen LogP contribution in [0, 0.1) is 11.8 Å². The first-order chi connectivity index (χ1) is 18.0. The maximum Gasteiger partial charge on any atom is 0.224 e. The number of amides is 1. The topological polar surface area (TPSA) is 120 Å². The monoisotopic (exact) mass is 496 g/mol. The highest BCUT2D eigenvalue weighted by Crippen LogP contribution is 2.40. The van der Waals surface area contributed by atoms with E-state index >= 15 is 0 Å². The third-order valence-corrected chi connectivity index (χ3v) is 7.38. The highest BCUT2D eigenvalue weighted by Gasteiger charge is 2.42. The number of carbonyl (C=O) groups is 1. The highest BCUT2D eigenvalue weighted by molar-refractivity contribution is 5.93. The van der Waals surface area contributed by atoms with Gasteiger partial charge in [0.25, 0.3) is 0 Å². The molecule has 2 fully saturated rings. The molecule has 6 heterocycles. The average molecular weight is 497 g/mol. The molecule has 0 bridgehead atoms. The van der Waals surface area contributed by atoms with Crippen LogP contribution in [0.3, 0.4) is 0 Å². The van der Waals surface area contributed by atoms with E-state index in [0.29, 0.717) is 24.3 Å². The number of hydrazine groups is 1. The van der Waals surface area contributed by atoms with Crippen LogP contribution in [-0.2, 0) is 4.79 Å². The SMILES string of the molecule is CC(C)CC(=O)Nc1cncc(C2CC3C(CN2)NNC3c2cc3c(-c4ccncc4)ccnc3[nH]2)c1. The largest absolute Gasteiger partial charge is 0.342 e. The molecule has 2 aliphatic rings. The maximum atomic E-state index is 12.3. The number of carbonyl (C=O) groups excluding carboxylic acids is 1. The van der Waals surface area contributed by atoms with E-state index in [4.69, 9.17) is 0 Å². The number of H-pyrrole nitrogens is 1. The summed E-state index contributed by atoms with van der Waals surface area (Å²) < 4.78 is 0. The summed E-state index contributed by atoms with van der Waals surface area (Å²) in [5.41, 5.74) is 13.1. The van der Waals surface area contributed by atoms with Gasteiger partial charge in [-0.15, -0.1) is 0 Å². The second-order valence-electron chi connectivity index (χ2n) is 10.5. The van der Waals surface area contributed by atoms with Crippen LogP contribution in [-0.4, -0.2) is 38.4 Å². The summed E-state index contributed by atoms with van der Waals surface area (Å²) in [7, 11) is 0. The first-order valence-electron chi connectivity index (χ1n) is 12.9. The van der Waals surface area contributed by atoms with Crippen LogP contribution in [0.4, 0.5) is 5.69 Å². The molecule has 4 atom stereocenters. The molecule has 2 aliphatic heterocycles. The molecule has 9 heteroatoms. The van der Waals surface area contributed by atoms with E-state index in [9.17, 15) is 4.79 Å². The summed E-state index contributed by atoms with van der Waals surface area (Å²) in [5, 5.41) is 7.77. The summed E-state index contributed by atoms with van der Waals surface area (Å²) in [6.07, 6.45) is 10.5. The van der Waals surface area contributed by atoms with Crippen molar-refractivity contribution in [2.75, 3.05) is 11.9 Å². The number of piperidine rings is 1. The van der Waals surface area contributed by atoms with Gasteiger partial charge < -0.3 is 15.6 Å². The molecule has 0 radical (unpaired) electrons. The van der Waals surface area contributed by atoms with Crippen molar-refractivity contribution in [2.45, 2.75) is 44.8 Å². The molecule has 9 nitrogen and oxygen atoms in total. The van der Waals surface area contributed by atoms with Crippen molar-refractivity contribution in [1.82, 2.24) is 36.1 Å². The minimum Gasteiger partial charge on any atom is -0.342 e. The van der Waals surface area contributed by atoms with Gasteiger partial charge in [-0.1, -0.05) is 13.8 Å². The number of rotatable bonds is 6. The summed E-state index contributed by atoms with van der Waals surface area (Å²) in [5.74, 6) is 0.698. The number of anilines is 1. The first kappa shape index (κ1) is 23.7. The Labute approximate surface area is 215 Å². The Kier molecular flexibility index (Phi) is 6.42. The summed E-state index contributed by atoms with van der Waals surface area (Å²) in [6, 6.07) is 11.0. The van der Waals surface area contributed by atoms with Gasteiger partial charge in [-0.25, -0.2) is 10.4 Å². The molecular formula is C28H32N8O. The van der Waals surface area contributed by atoms with Gasteiger partial charge in [0.05, 0.1) is 17.9 Å². The lowest BCUT2D eigenvalue weighted by molar-refractivity contribution is -0.116. The molecule has 4 unspecified atom stereocenters. The van der Waals surface area contributed by atoms with E-state index in [-0.39, 0.29) is 18.0 Å². The third kappa shape index (κ3) is 4.85. The number of hydrogen-bond donors (Lipinski definition) is 5. The maximum absolute atomic E-state index is 12.3. The van der Waals surface area contributed by atoms with Crippen molar-refractivity contribution in [2.24, 2.45) is 11.8 Å². The van der Waals surface area contributed by atoms with Gasteiger partial charge in [0, 0.05) is 66.8 Å². The van der Waals surface area contributed by atoms with Crippen LogP contribution >= 0.6 is 0 Å². The Morgan fingerprint density at radius 2 is 1.95 bits per heavy atom. The molecule has 190 valence electrons. The van der Waals surface area contributed by atoms with Gasteiger partial charge in [-0.05, 0) is 59.4 Å². The minimum absolute atomic E-state index is 0.0217. The molecule has 6 rings (SSSR count). The summed E-state index contributed by atoms with van der Waals surface area (Å²) in [4.78, 5) is 29.0. The van der Waals surface area contributed by atoms with Gasteiger partial charge in [-0.2, -0.15) is 0 Å². The van der Waals surface area contributed by atoms with Gasteiger partial charge >= 0.3 is 0 Å². The number of nitrogens with zero attached hydrogens (tertiary/aromatic N) is 3. The molecule has 0 aromatic carbocycles. The molecule has 4 aromatic heterocycles. The van der Waals surface area contributed by atoms with Crippen LogP contribution in [0.15, 0.2) is 61.3 Å². The number of aromatic amines is 1. The molecule has 5 N–H and O–H groups in total. The number of fused-ring (bicyclic) bond motifs is 2. The molecule has 37 heavy (non-hydrogen) atoms. The van der Waals surface area contributed by atoms with Crippen LogP contribution < -0.4 is 21.5 Å². The fraction of sp³-hybridized carbons (Fsp3) is 0.357. The Morgan fingerprint density at radius 1 is 1.08 bits per heavy atom. The van der Waals surface area contributed by atoms with Crippen molar-refractivity contribution < 1.29 is 4.79 Å². The quantitative estimate of drug-likeness (QED) is 0.275. The fourth-order valence-electron chi connectivity index (χ4n) is 5.63. The van der Waals surface area contributed by atoms with Crippen molar-refractivity contribution in [1.29, 1.82) is 0 Å². The lowest BCUT2D eigenvalue weighted by Crippen LogP contribution is -2.46. The van der Waals surface area contributed by atoms with E-state index in [2.05, 4.69) is 53.6 Å². The standard InChI is InChI=1S/C28H32N8O/c1-16(2)9-26(37)33-19-10-18(13-30-14-19)23-12-22-25(15-32-23)35-36-27(22)24-11-21-20(5-8-31-28(21)34-24)17-3-6-29-7-4-17/h3-8,10-11,13-14,16,22-23,25,27,32,35-36H,9,12,15H2,1-2H3,(H,31,34)(H,33,37). The van der Waals surface area contributed by atoms with Crippen LogP contribution in [0.1, 0.15) is 50.0 Å². The smallest absolute Gasteiger partial charge is 0.224 e. The number of hydrogen-bond acceptors (Lipinski definition) is 7. The van der Waals surface area contributed by atoms with Crippen molar-refractivity contribution in [3.63, 3.8) is 0 Å². The van der Waals surface area contributed by atoms with Gasteiger partial charge in [0.2, 0.25) is 5.91 Å². The lowest BCUT2D eigenvalue weighted by atomic mass is 9.81. The van der Waals surface area contributed by atoms with Gasteiger partial charge in [0.1, 0.15) is 5.65 Å². The van der Waals surface area contributed by atoms with Crippen molar-refractivity contribution >= 4 is 22.6 Å². The Balaban J connectivity index is 1.23. The first-order valence-corrected chi connectivity index (χ1v) is 12.9. The molecule has 0 aliphatic carbocycles. The van der Waals surface area contributed by atoms with E-state index in [1.54, 1.807) is 6.20 Å². The second kappa shape index (κ2) is 10.0. The van der Waals surface area contributed by atoms with Gasteiger partial charge in [0.15, 0.2) is 0 Å². The van der Waals surface area contributed by atoms with E-state index < -0.39 is 0 Å². The van der Waals surface area contributed by atoms with E-state index in [1.165, 1.54) is 0 Å². The fourth-order valence-corrected chi connectivity index (χ4v) is 5.63. The van der Waals surface area contributed by atoms with Crippen molar-refractivity contribution in [3.8, 4) is 11.1 Å². The molecule has 4 aromatic rings. The lowest BCUT2D eigenvalue weighted by Gasteiger charge is -2.34. The predicted octanol–water partition coefficient (Wildman–Crippen LogP) is 3.87. The summed E-state index contributed by atoms with van der Waals surface area (Å²) in [6.45, 7) is 4.92.